The molecule has 2 aromatic carbocycles. The molecule has 0 aliphatic heterocycles. The summed E-state index contributed by atoms with van der Waals surface area (Å²) in [6.45, 7) is 0. The number of benzene rings is 2. The number of carbonyl (C=O) groups is 2. The van der Waals surface area contributed by atoms with Gasteiger partial charge < -0.3 is 15.4 Å². The number of nitro groups is 1. The predicted molar refractivity (Wildman–Crippen MR) is 83.3 cm³/mol. The molecule has 0 fully saturated rings. The standard InChI is InChI=1S/C15H13N3O5/c1-23-13-8-3-2-7-12(13)17-15(20)14(19)16-10-5-4-6-11(9-10)18(21)22/h2-9H,1H3,(H,16,19)(H,17,20). The van der Waals surface area contributed by atoms with Crippen molar-refractivity contribution in [2.24, 2.45) is 0 Å². The first kappa shape index (κ1) is 16.0. The van der Waals surface area contributed by atoms with Crippen molar-refractivity contribution >= 4 is 28.9 Å². The lowest BCUT2D eigenvalue weighted by molar-refractivity contribution is -0.384. The highest BCUT2D eigenvalue weighted by Gasteiger charge is 2.17. The first-order valence-corrected chi connectivity index (χ1v) is 6.51. The average Bonchev–Trinajstić information content (AvgIpc) is 2.55. The lowest BCUT2D eigenvalue weighted by Crippen LogP contribution is -2.29. The van der Waals surface area contributed by atoms with Crippen LogP contribution in [-0.4, -0.2) is 23.8 Å². The second-order valence-electron chi connectivity index (χ2n) is 4.42. The van der Waals surface area contributed by atoms with E-state index >= 15 is 0 Å². The van der Waals surface area contributed by atoms with E-state index in [1.807, 2.05) is 0 Å². The SMILES string of the molecule is COc1ccccc1NC(=O)C(=O)Nc1cccc([N+](=O)[O-])c1. The Morgan fingerprint density at radius 3 is 2.43 bits per heavy atom. The van der Waals surface area contributed by atoms with Crippen molar-refractivity contribution in [1.29, 1.82) is 0 Å². The van der Waals surface area contributed by atoms with Crippen LogP contribution in [0, 0.1) is 10.1 Å². The third-order valence-electron chi connectivity index (χ3n) is 2.88. The Morgan fingerprint density at radius 2 is 1.74 bits per heavy atom. The summed E-state index contributed by atoms with van der Waals surface area (Å²) >= 11 is 0. The zero-order chi connectivity index (χ0) is 16.8. The van der Waals surface area contributed by atoms with Crippen molar-refractivity contribution in [1.82, 2.24) is 0 Å². The molecule has 8 nitrogen and oxygen atoms in total. The number of ether oxygens (including phenoxy) is 1. The number of non-ortho nitro benzene ring substituents is 1. The molecule has 0 aromatic heterocycles. The molecule has 0 aliphatic rings. The summed E-state index contributed by atoms with van der Waals surface area (Å²) in [5, 5.41) is 15.4. The van der Waals surface area contributed by atoms with Crippen molar-refractivity contribution < 1.29 is 19.2 Å². The number of para-hydroxylation sites is 2. The van der Waals surface area contributed by atoms with Crippen LogP contribution in [0.25, 0.3) is 0 Å². The molecule has 0 aliphatic carbocycles. The summed E-state index contributed by atoms with van der Waals surface area (Å²) in [7, 11) is 1.44. The molecule has 118 valence electrons. The van der Waals surface area contributed by atoms with Crippen LogP contribution < -0.4 is 15.4 Å². The van der Waals surface area contributed by atoms with Crippen LogP contribution in [0.3, 0.4) is 0 Å². The molecule has 23 heavy (non-hydrogen) atoms. The highest BCUT2D eigenvalue weighted by Crippen LogP contribution is 2.23. The van der Waals surface area contributed by atoms with Gasteiger partial charge in [0, 0.05) is 17.8 Å². The normalized spacial score (nSPS) is 9.78. The van der Waals surface area contributed by atoms with E-state index in [9.17, 15) is 19.7 Å². The number of carbonyl (C=O) groups excluding carboxylic acids is 2. The fourth-order valence-corrected chi connectivity index (χ4v) is 1.81. The first-order chi connectivity index (χ1) is 11.0. The van der Waals surface area contributed by atoms with Gasteiger partial charge in [-0.3, -0.25) is 19.7 Å². The van der Waals surface area contributed by atoms with Crippen molar-refractivity contribution in [3.05, 3.63) is 58.6 Å². The van der Waals surface area contributed by atoms with Gasteiger partial charge in [-0.25, -0.2) is 0 Å². The van der Waals surface area contributed by atoms with Crippen LogP contribution in [0.15, 0.2) is 48.5 Å². The lowest BCUT2D eigenvalue weighted by Gasteiger charge is -2.09. The minimum Gasteiger partial charge on any atom is -0.495 e. The van der Waals surface area contributed by atoms with Crippen molar-refractivity contribution in [2.75, 3.05) is 17.7 Å². The molecule has 0 bridgehead atoms. The maximum atomic E-state index is 11.9. The monoisotopic (exact) mass is 315 g/mol. The summed E-state index contributed by atoms with van der Waals surface area (Å²) in [4.78, 5) is 33.8. The number of nitrogens with one attached hydrogen (secondary N) is 2. The number of methoxy groups -OCH3 is 1. The number of anilines is 2. The molecule has 0 heterocycles. The number of hydrogen-bond acceptors (Lipinski definition) is 5. The third-order valence-corrected chi connectivity index (χ3v) is 2.88. The van der Waals surface area contributed by atoms with Crippen molar-refractivity contribution in [3.63, 3.8) is 0 Å². The van der Waals surface area contributed by atoms with Crippen molar-refractivity contribution in [3.8, 4) is 5.75 Å². The Bertz CT molecular complexity index is 760. The van der Waals surface area contributed by atoms with E-state index in [0.717, 1.165) is 6.07 Å². The quantitative estimate of drug-likeness (QED) is 0.510. The van der Waals surface area contributed by atoms with Gasteiger partial charge in [-0.2, -0.15) is 0 Å². The fraction of sp³-hybridized carbons (Fsp3) is 0.0667. The van der Waals surface area contributed by atoms with E-state index in [0.29, 0.717) is 11.4 Å². The van der Waals surface area contributed by atoms with Gasteiger partial charge in [0.05, 0.1) is 17.7 Å². The van der Waals surface area contributed by atoms with Gasteiger partial charge in [-0.05, 0) is 18.2 Å². The summed E-state index contributed by atoms with van der Waals surface area (Å²) in [5.41, 5.74) is 0.307. The van der Waals surface area contributed by atoms with E-state index in [4.69, 9.17) is 4.74 Å². The second-order valence-corrected chi connectivity index (χ2v) is 4.42. The molecule has 8 heteroatoms. The van der Waals surface area contributed by atoms with Gasteiger partial charge in [0.1, 0.15) is 5.75 Å². The number of hydrogen-bond donors (Lipinski definition) is 2. The molecule has 0 spiro atoms. The van der Waals surface area contributed by atoms with Gasteiger partial charge in [0.25, 0.3) is 5.69 Å². The van der Waals surface area contributed by atoms with E-state index < -0.39 is 16.7 Å². The zero-order valence-corrected chi connectivity index (χ0v) is 12.1. The number of nitrogens with zero attached hydrogens (tertiary/aromatic N) is 1. The number of amides is 2. The molecular weight excluding hydrogens is 302 g/mol. The number of rotatable bonds is 4. The third kappa shape index (κ3) is 4.03. The second kappa shape index (κ2) is 7.03. The highest BCUT2D eigenvalue weighted by atomic mass is 16.6. The molecule has 0 radical (unpaired) electrons. The van der Waals surface area contributed by atoms with E-state index in [-0.39, 0.29) is 11.4 Å². The van der Waals surface area contributed by atoms with Crippen LogP contribution in [-0.2, 0) is 9.59 Å². The van der Waals surface area contributed by atoms with Crippen LogP contribution in [0.4, 0.5) is 17.1 Å². The Labute approximate surface area is 131 Å². The lowest BCUT2D eigenvalue weighted by atomic mass is 10.2. The minimum atomic E-state index is -0.948. The first-order valence-electron chi connectivity index (χ1n) is 6.51. The van der Waals surface area contributed by atoms with Gasteiger partial charge in [-0.1, -0.05) is 18.2 Å². The molecule has 2 rings (SSSR count). The predicted octanol–water partition coefficient (Wildman–Crippen LogP) is 2.18. The fourth-order valence-electron chi connectivity index (χ4n) is 1.81. The smallest absolute Gasteiger partial charge is 0.314 e. The zero-order valence-electron chi connectivity index (χ0n) is 12.1. The van der Waals surface area contributed by atoms with E-state index in [2.05, 4.69) is 10.6 Å². The van der Waals surface area contributed by atoms with Gasteiger partial charge in [0.15, 0.2) is 0 Å². The minimum absolute atomic E-state index is 0.152. The van der Waals surface area contributed by atoms with Crippen molar-refractivity contribution in [2.45, 2.75) is 0 Å². The molecule has 0 unspecified atom stereocenters. The summed E-state index contributed by atoms with van der Waals surface area (Å²) in [6, 6.07) is 11.9. The molecule has 0 saturated carbocycles. The van der Waals surface area contributed by atoms with E-state index in [1.54, 1.807) is 24.3 Å². The maximum absolute atomic E-state index is 11.9. The van der Waals surface area contributed by atoms with Crippen LogP contribution >= 0.6 is 0 Å². The largest absolute Gasteiger partial charge is 0.495 e. The highest BCUT2D eigenvalue weighted by molar-refractivity contribution is 6.43. The Kier molecular flexibility index (Phi) is 4.88. The van der Waals surface area contributed by atoms with Gasteiger partial charge in [0.2, 0.25) is 0 Å². The summed E-state index contributed by atoms with van der Waals surface area (Å²) < 4.78 is 5.06. The van der Waals surface area contributed by atoms with Gasteiger partial charge >= 0.3 is 11.8 Å². The topological polar surface area (TPSA) is 111 Å². The summed E-state index contributed by atoms with van der Waals surface area (Å²) in [6.07, 6.45) is 0. The average molecular weight is 315 g/mol. The number of nitro benzene ring substituents is 1. The van der Waals surface area contributed by atoms with Gasteiger partial charge in [-0.15, -0.1) is 0 Å². The molecule has 2 amide bonds. The Balaban J connectivity index is 2.07. The molecule has 2 N–H and O–H groups in total. The molecule has 2 aromatic rings. The van der Waals surface area contributed by atoms with Crippen LogP contribution in [0.5, 0.6) is 5.75 Å². The van der Waals surface area contributed by atoms with Crippen LogP contribution in [0.2, 0.25) is 0 Å². The Hall–Kier alpha value is -3.42. The maximum Gasteiger partial charge on any atom is 0.314 e. The molecular formula is C15H13N3O5. The van der Waals surface area contributed by atoms with Crippen LogP contribution in [0.1, 0.15) is 0 Å². The Morgan fingerprint density at radius 1 is 1.04 bits per heavy atom. The summed E-state index contributed by atoms with van der Waals surface area (Å²) in [5.74, 6) is -1.46. The molecule has 0 saturated heterocycles. The molecule has 0 atom stereocenters. The van der Waals surface area contributed by atoms with E-state index in [1.165, 1.54) is 25.3 Å².